The van der Waals surface area contributed by atoms with Crippen molar-refractivity contribution in [2.24, 2.45) is 0 Å². The summed E-state index contributed by atoms with van der Waals surface area (Å²) in [5, 5.41) is 21.1. The molecule has 0 saturated heterocycles. The molecule has 0 radical (unpaired) electrons. The maximum absolute atomic E-state index is 13.4. The maximum Gasteiger partial charge on any atom is 0.267 e. The Labute approximate surface area is 231 Å². The van der Waals surface area contributed by atoms with Crippen molar-refractivity contribution in [1.29, 1.82) is 5.41 Å². The van der Waals surface area contributed by atoms with Gasteiger partial charge in [0.25, 0.3) is 11.5 Å². The van der Waals surface area contributed by atoms with E-state index in [1.165, 1.54) is 33.6 Å². The number of anilines is 1. The van der Waals surface area contributed by atoms with Crippen LogP contribution in [0.4, 0.5) is 5.13 Å². The number of benzene rings is 1. The standard InChI is InChI=1S/C26H24ClN7O2S2/c1-3-4-11-33-20(28)17(13-18-22(33)29-21-15(2)8-7-12-34(21)24(18)36)23(35)30-25-31-32-26(38-25)37-14-16-9-5-6-10-19(16)27/h5-10,12-13,28H,3-4,11,14H2,1-2H3,(H,30,31,35). The molecule has 0 bridgehead atoms. The van der Waals surface area contributed by atoms with Crippen molar-refractivity contribution in [3.63, 3.8) is 0 Å². The molecule has 0 saturated carbocycles. The van der Waals surface area contributed by atoms with Crippen molar-refractivity contribution in [3.8, 4) is 0 Å². The van der Waals surface area contributed by atoms with E-state index in [1.54, 1.807) is 16.8 Å². The molecule has 9 nitrogen and oxygen atoms in total. The monoisotopic (exact) mass is 565 g/mol. The number of aromatic nitrogens is 5. The maximum atomic E-state index is 13.4. The second kappa shape index (κ2) is 11.1. The van der Waals surface area contributed by atoms with Crippen LogP contribution in [0.2, 0.25) is 5.02 Å². The third-order valence-electron chi connectivity index (χ3n) is 6.05. The highest BCUT2D eigenvalue weighted by molar-refractivity contribution is 8.00. The number of unbranched alkanes of at least 4 members (excludes halogenated alkanes) is 1. The number of fused-ring (bicyclic) bond motifs is 2. The number of hydrogen-bond acceptors (Lipinski definition) is 8. The van der Waals surface area contributed by atoms with E-state index in [4.69, 9.17) is 22.0 Å². The van der Waals surface area contributed by atoms with Gasteiger partial charge in [0, 0.05) is 23.5 Å². The second-order valence-corrected chi connectivity index (χ2v) is 11.3. The normalized spacial score (nSPS) is 11.3. The van der Waals surface area contributed by atoms with Gasteiger partial charge in [-0.1, -0.05) is 72.3 Å². The number of thioether (sulfide) groups is 1. The fourth-order valence-electron chi connectivity index (χ4n) is 4.04. The first-order valence-electron chi connectivity index (χ1n) is 12.0. The number of amides is 1. The molecule has 0 fully saturated rings. The highest BCUT2D eigenvalue weighted by Gasteiger charge is 2.19. The molecule has 0 atom stereocenters. The number of carbonyl (C=O) groups is 1. The van der Waals surface area contributed by atoms with Crippen LogP contribution < -0.4 is 16.4 Å². The number of hydrogen-bond donors (Lipinski definition) is 2. The largest absolute Gasteiger partial charge is 0.310 e. The van der Waals surface area contributed by atoms with Crippen LogP contribution >= 0.6 is 34.7 Å². The van der Waals surface area contributed by atoms with E-state index in [-0.39, 0.29) is 22.0 Å². The summed E-state index contributed by atoms with van der Waals surface area (Å²) in [4.78, 5) is 31.5. The van der Waals surface area contributed by atoms with Crippen molar-refractivity contribution in [2.75, 3.05) is 5.32 Å². The molecule has 12 heteroatoms. The van der Waals surface area contributed by atoms with Gasteiger partial charge >= 0.3 is 0 Å². The van der Waals surface area contributed by atoms with Crippen LogP contribution in [-0.2, 0) is 12.3 Å². The topological polar surface area (TPSA) is 118 Å². The summed E-state index contributed by atoms with van der Waals surface area (Å²) in [5.74, 6) is 0.0840. The summed E-state index contributed by atoms with van der Waals surface area (Å²) < 4.78 is 3.79. The Bertz CT molecular complexity index is 1790. The molecule has 5 aromatic rings. The van der Waals surface area contributed by atoms with Crippen LogP contribution in [0.15, 0.2) is 57.8 Å². The van der Waals surface area contributed by atoms with E-state index in [1.807, 2.05) is 44.2 Å². The van der Waals surface area contributed by atoms with Crippen LogP contribution in [0, 0.1) is 12.3 Å². The number of aryl methyl sites for hydroxylation is 2. The molecular formula is C26H24ClN7O2S2. The molecule has 194 valence electrons. The van der Waals surface area contributed by atoms with Gasteiger partial charge in [-0.3, -0.25) is 24.7 Å². The fraction of sp³-hybridized carbons (Fsp3) is 0.231. The van der Waals surface area contributed by atoms with Crippen LogP contribution in [0.25, 0.3) is 16.7 Å². The smallest absolute Gasteiger partial charge is 0.267 e. The van der Waals surface area contributed by atoms with Gasteiger partial charge < -0.3 is 4.57 Å². The lowest BCUT2D eigenvalue weighted by atomic mass is 10.2. The van der Waals surface area contributed by atoms with E-state index >= 15 is 0 Å². The summed E-state index contributed by atoms with van der Waals surface area (Å²) in [7, 11) is 0. The predicted octanol–water partition coefficient (Wildman–Crippen LogP) is 5.29. The van der Waals surface area contributed by atoms with Crippen LogP contribution in [-0.4, -0.2) is 30.1 Å². The Balaban J connectivity index is 1.48. The zero-order chi connectivity index (χ0) is 26.8. The van der Waals surface area contributed by atoms with E-state index in [2.05, 4.69) is 15.5 Å². The van der Waals surface area contributed by atoms with E-state index in [0.29, 0.717) is 38.1 Å². The molecule has 4 aromatic heterocycles. The zero-order valence-electron chi connectivity index (χ0n) is 20.7. The van der Waals surface area contributed by atoms with Gasteiger partial charge in [0.1, 0.15) is 16.8 Å². The summed E-state index contributed by atoms with van der Waals surface area (Å²) in [6, 6.07) is 12.7. The number of nitrogens with zero attached hydrogens (tertiary/aromatic N) is 5. The van der Waals surface area contributed by atoms with Gasteiger partial charge in [-0.05, 0) is 42.7 Å². The molecule has 4 heterocycles. The molecule has 1 aromatic carbocycles. The summed E-state index contributed by atoms with van der Waals surface area (Å²) in [6.07, 6.45) is 3.31. The lowest BCUT2D eigenvalue weighted by molar-refractivity contribution is 0.102. The van der Waals surface area contributed by atoms with Gasteiger partial charge in [0.2, 0.25) is 5.13 Å². The Morgan fingerprint density at radius 1 is 1.18 bits per heavy atom. The van der Waals surface area contributed by atoms with Gasteiger partial charge in [-0.15, -0.1) is 10.2 Å². The lowest BCUT2D eigenvalue weighted by Gasteiger charge is -2.14. The SMILES string of the molecule is CCCCn1c(=N)c(C(=O)Nc2nnc(SCc3ccccc3Cl)s2)cc2c(=O)n3cccc(C)c3nc21. The molecule has 0 aliphatic carbocycles. The minimum Gasteiger partial charge on any atom is -0.310 e. The summed E-state index contributed by atoms with van der Waals surface area (Å²) >= 11 is 8.94. The van der Waals surface area contributed by atoms with Crippen molar-refractivity contribution >= 4 is 62.4 Å². The first-order chi connectivity index (χ1) is 18.4. The zero-order valence-corrected chi connectivity index (χ0v) is 23.1. The number of pyridine rings is 2. The van der Waals surface area contributed by atoms with Gasteiger partial charge in [-0.25, -0.2) is 4.98 Å². The van der Waals surface area contributed by atoms with E-state index in [9.17, 15) is 9.59 Å². The first-order valence-corrected chi connectivity index (χ1v) is 14.2. The minimum atomic E-state index is -0.533. The van der Waals surface area contributed by atoms with Crippen LogP contribution in [0.5, 0.6) is 0 Å². The molecule has 0 unspecified atom stereocenters. The first kappa shape index (κ1) is 26.1. The van der Waals surface area contributed by atoms with Gasteiger partial charge in [-0.2, -0.15) is 0 Å². The quantitative estimate of drug-likeness (QED) is 0.150. The molecule has 0 aliphatic rings. The van der Waals surface area contributed by atoms with Crippen molar-refractivity contribution in [2.45, 2.75) is 43.3 Å². The fourth-order valence-corrected chi connectivity index (χ4v) is 6.07. The summed E-state index contributed by atoms with van der Waals surface area (Å²) in [6.45, 7) is 4.39. The number of halogens is 1. The Hall–Kier alpha value is -3.54. The van der Waals surface area contributed by atoms with Crippen LogP contribution in [0.1, 0.15) is 41.3 Å². The van der Waals surface area contributed by atoms with E-state index in [0.717, 1.165) is 24.0 Å². The number of carbonyl (C=O) groups excluding carboxylic acids is 1. The Morgan fingerprint density at radius 3 is 2.79 bits per heavy atom. The third kappa shape index (κ3) is 5.09. The van der Waals surface area contributed by atoms with Gasteiger partial charge in [0.15, 0.2) is 4.34 Å². The molecule has 2 N–H and O–H groups in total. The Morgan fingerprint density at radius 2 is 2.00 bits per heavy atom. The highest BCUT2D eigenvalue weighted by Crippen LogP contribution is 2.30. The van der Waals surface area contributed by atoms with Crippen molar-refractivity contribution < 1.29 is 4.79 Å². The lowest BCUT2D eigenvalue weighted by Crippen LogP contribution is -2.32. The minimum absolute atomic E-state index is 0.00822. The van der Waals surface area contributed by atoms with E-state index < -0.39 is 5.91 Å². The molecule has 5 rings (SSSR count). The Kier molecular flexibility index (Phi) is 7.59. The third-order valence-corrected chi connectivity index (χ3v) is 8.44. The average Bonchev–Trinajstić information content (AvgIpc) is 3.35. The van der Waals surface area contributed by atoms with Crippen LogP contribution in [0.3, 0.4) is 0 Å². The number of nitrogens with one attached hydrogen (secondary N) is 2. The predicted molar refractivity (Wildman–Crippen MR) is 151 cm³/mol. The average molecular weight is 566 g/mol. The molecule has 38 heavy (non-hydrogen) atoms. The summed E-state index contributed by atoms with van der Waals surface area (Å²) in [5.41, 5.74) is 2.53. The number of rotatable bonds is 8. The second-order valence-electron chi connectivity index (χ2n) is 8.66. The molecule has 1 amide bonds. The van der Waals surface area contributed by atoms with Crippen molar-refractivity contribution in [3.05, 3.63) is 86.2 Å². The molecular weight excluding hydrogens is 542 g/mol. The van der Waals surface area contributed by atoms with Gasteiger partial charge in [0.05, 0.1) is 10.9 Å². The highest BCUT2D eigenvalue weighted by atomic mass is 35.5. The van der Waals surface area contributed by atoms with Crippen molar-refractivity contribution in [1.82, 2.24) is 24.1 Å². The molecule has 0 spiro atoms. The molecule has 0 aliphatic heterocycles.